The van der Waals surface area contributed by atoms with E-state index in [0.29, 0.717) is 17.1 Å². The summed E-state index contributed by atoms with van der Waals surface area (Å²) >= 11 is 6.01. The first-order valence-electron chi connectivity index (χ1n) is 7.35. The maximum Gasteiger partial charge on any atom is 0.253 e. The molecular formula is C18H17ClN2O2. The molecule has 0 aliphatic rings. The van der Waals surface area contributed by atoms with E-state index >= 15 is 0 Å². The minimum atomic E-state index is -0.105. The highest BCUT2D eigenvalue weighted by Crippen LogP contribution is 2.22. The zero-order valence-corrected chi connectivity index (χ0v) is 13.5. The van der Waals surface area contributed by atoms with Gasteiger partial charge in [-0.25, -0.2) is 0 Å². The van der Waals surface area contributed by atoms with Crippen molar-refractivity contribution in [1.82, 2.24) is 10.3 Å². The van der Waals surface area contributed by atoms with Crippen molar-refractivity contribution in [2.45, 2.75) is 6.42 Å². The fourth-order valence-corrected chi connectivity index (χ4v) is 2.66. The summed E-state index contributed by atoms with van der Waals surface area (Å²) in [6, 6.07) is 13.3. The monoisotopic (exact) mass is 328 g/mol. The molecule has 0 bridgehead atoms. The van der Waals surface area contributed by atoms with Gasteiger partial charge in [0.25, 0.3) is 5.91 Å². The number of H-pyrrole nitrogens is 1. The van der Waals surface area contributed by atoms with Crippen LogP contribution in [0.2, 0.25) is 5.02 Å². The van der Waals surface area contributed by atoms with Crippen LogP contribution in [0.25, 0.3) is 10.9 Å². The van der Waals surface area contributed by atoms with Crippen LogP contribution in [0.1, 0.15) is 15.9 Å². The maximum atomic E-state index is 12.3. The molecule has 0 atom stereocenters. The second-order valence-electron chi connectivity index (χ2n) is 5.25. The molecule has 3 aromatic rings. The molecule has 0 saturated carbocycles. The van der Waals surface area contributed by atoms with Crippen molar-refractivity contribution in [3.05, 3.63) is 64.8 Å². The average molecular weight is 329 g/mol. The van der Waals surface area contributed by atoms with Crippen LogP contribution < -0.4 is 10.1 Å². The Labute approximate surface area is 139 Å². The van der Waals surface area contributed by atoms with Gasteiger partial charge < -0.3 is 15.0 Å². The van der Waals surface area contributed by atoms with E-state index in [2.05, 4.69) is 10.3 Å². The van der Waals surface area contributed by atoms with E-state index in [1.54, 1.807) is 25.4 Å². The van der Waals surface area contributed by atoms with Gasteiger partial charge in [0, 0.05) is 28.7 Å². The number of methoxy groups -OCH3 is 1. The first-order valence-corrected chi connectivity index (χ1v) is 7.73. The number of hydrogen-bond donors (Lipinski definition) is 2. The molecule has 2 aromatic carbocycles. The number of amides is 1. The molecule has 3 rings (SSSR count). The van der Waals surface area contributed by atoms with Crippen LogP contribution in [0, 0.1) is 0 Å². The molecule has 23 heavy (non-hydrogen) atoms. The Kier molecular flexibility index (Phi) is 4.53. The molecule has 0 aliphatic carbocycles. The molecule has 0 fully saturated rings. The van der Waals surface area contributed by atoms with Gasteiger partial charge in [-0.1, -0.05) is 23.7 Å². The van der Waals surface area contributed by atoms with Crippen LogP contribution in [0.15, 0.2) is 48.7 Å². The molecule has 0 radical (unpaired) electrons. The molecule has 1 heterocycles. The number of halogens is 1. The van der Waals surface area contributed by atoms with Crippen LogP contribution in [-0.2, 0) is 6.42 Å². The topological polar surface area (TPSA) is 54.1 Å². The number of benzene rings is 2. The van der Waals surface area contributed by atoms with E-state index in [4.69, 9.17) is 16.3 Å². The quantitative estimate of drug-likeness (QED) is 0.748. The van der Waals surface area contributed by atoms with E-state index in [9.17, 15) is 4.79 Å². The number of carbonyl (C=O) groups excluding carboxylic acids is 1. The summed E-state index contributed by atoms with van der Waals surface area (Å²) in [6.45, 7) is 0.568. The largest absolute Gasteiger partial charge is 0.497 e. The van der Waals surface area contributed by atoms with Gasteiger partial charge in [0.15, 0.2) is 0 Å². The molecule has 4 nitrogen and oxygen atoms in total. The number of fused-ring (bicyclic) bond motifs is 1. The van der Waals surface area contributed by atoms with Gasteiger partial charge in [0.05, 0.1) is 12.7 Å². The highest BCUT2D eigenvalue weighted by Gasteiger charge is 2.11. The number of aromatic nitrogens is 1. The summed E-state index contributed by atoms with van der Waals surface area (Å²) in [4.78, 5) is 15.4. The van der Waals surface area contributed by atoms with Gasteiger partial charge in [-0.2, -0.15) is 0 Å². The smallest absolute Gasteiger partial charge is 0.253 e. The first kappa shape index (κ1) is 15.4. The van der Waals surface area contributed by atoms with Gasteiger partial charge in [0.1, 0.15) is 5.75 Å². The van der Waals surface area contributed by atoms with E-state index in [1.807, 2.05) is 30.3 Å². The first-order chi connectivity index (χ1) is 11.2. The van der Waals surface area contributed by atoms with Crippen LogP contribution in [0.3, 0.4) is 0 Å². The Morgan fingerprint density at radius 2 is 2.00 bits per heavy atom. The predicted molar refractivity (Wildman–Crippen MR) is 92.3 cm³/mol. The van der Waals surface area contributed by atoms with Crippen LogP contribution in [0.4, 0.5) is 0 Å². The maximum absolute atomic E-state index is 12.3. The van der Waals surface area contributed by atoms with Crippen molar-refractivity contribution in [3.63, 3.8) is 0 Å². The van der Waals surface area contributed by atoms with Gasteiger partial charge in [-0.05, 0) is 42.3 Å². The summed E-state index contributed by atoms with van der Waals surface area (Å²) in [5.74, 6) is 0.723. The summed E-state index contributed by atoms with van der Waals surface area (Å²) < 4.78 is 5.13. The van der Waals surface area contributed by atoms with Crippen LogP contribution in [0.5, 0.6) is 5.75 Å². The van der Waals surface area contributed by atoms with Crippen molar-refractivity contribution in [3.8, 4) is 5.75 Å². The highest BCUT2D eigenvalue weighted by atomic mass is 35.5. The fourth-order valence-electron chi connectivity index (χ4n) is 2.49. The van der Waals surface area contributed by atoms with Gasteiger partial charge in [-0.3, -0.25) is 4.79 Å². The molecule has 118 valence electrons. The minimum absolute atomic E-state index is 0.105. The lowest BCUT2D eigenvalue weighted by molar-refractivity contribution is 0.0956. The SMILES string of the molecule is COc1ccc(CCNC(=O)c2c[nH]c3ccc(Cl)cc23)cc1. The number of aromatic amines is 1. The number of nitrogens with one attached hydrogen (secondary N) is 2. The average Bonchev–Trinajstić information content (AvgIpc) is 2.98. The summed E-state index contributed by atoms with van der Waals surface area (Å²) in [5.41, 5.74) is 2.65. The fraction of sp³-hybridized carbons (Fsp3) is 0.167. The van der Waals surface area contributed by atoms with Gasteiger partial charge in [0.2, 0.25) is 0 Å². The Balaban J connectivity index is 1.63. The predicted octanol–water partition coefficient (Wildman–Crippen LogP) is 3.80. The van der Waals surface area contributed by atoms with Gasteiger partial charge in [-0.15, -0.1) is 0 Å². The molecule has 2 N–H and O–H groups in total. The molecule has 0 aliphatic heterocycles. The lowest BCUT2D eigenvalue weighted by Crippen LogP contribution is -2.25. The third kappa shape index (κ3) is 3.48. The Morgan fingerprint density at radius 3 is 2.74 bits per heavy atom. The van der Waals surface area contributed by atoms with E-state index in [-0.39, 0.29) is 5.91 Å². The molecule has 1 amide bonds. The number of hydrogen-bond acceptors (Lipinski definition) is 2. The third-order valence-electron chi connectivity index (χ3n) is 3.75. The standard InChI is InChI=1S/C18H17ClN2O2/c1-23-14-5-2-12(3-6-14)8-9-20-18(22)16-11-21-17-7-4-13(19)10-15(16)17/h2-7,10-11,21H,8-9H2,1H3,(H,20,22). The van der Waals surface area contributed by atoms with E-state index in [0.717, 1.165) is 28.6 Å². The molecule has 0 spiro atoms. The summed E-state index contributed by atoms with van der Waals surface area (Å²) in [6.07, 6.45) is 2.47. The van der Waals surface area contributed by atoms with Crippen molar-refractivity contribution in [1.29, 1.82) is 0 Å². The highest BCUT2D eigenvalue weighted by molar-refractivity contribution is 6.31. The third-order valence-corrected chi connectivity index (χ3v) is 3.98. The van der Waals surface area contributed by atoms with Crippen LogP contribution >= 0.6 is 11.6 Å². The Hall–Kier alpha value is -2.46. The van der Waals surface area contributed by atoms with E-state index < -0.39 is 0 Å². The van der Waals surface area contributed by atoms with Crippen molar-refractivity contribution < 1.29 is 9.53 Å². The second-order valence-corrected chi connectivity index (χ2v) is 5.68. The normalized spacial score (nSPS) is 10.7. The van der Waals surface area contributed by atoms with Crippen molar-refractivity contribution in [2.24, 2.45) is 0 Å². The number of carbonyl (C=O) groups is 1. The number of rotatable bonds is 5. The van der Waals surface area contributed by atoms with Gasteiger partial charge >= 0.3 is 0 Å². The zero-order chi connectivity index (χ0) is 16.2. The minimum Gasteiger partial charge on any atom is -0.497 e. The molecule has 1 aromatic heterocycles. The molecule has 0 saturated heterocycles. The van der Waals surface area contributed by atoms with E-state index in [1.165, 1.54) is 0 Å². The lowest BCUT2D eigenvalue weighted by atomic mass is 10.1. The Bertz CT molecular complexity index is 825. The van der Waals surface area contributed by atoms with Crippen molar-refractivity contribution >= 4 is 28.4 Å². The molecule has 0 unspecified atom stereocenters. The van der Waals surface area contributed by atoms with Crippen molar-refractivity contribution in [2.75, 3.05) is 13.7 Å². The second kappa shape index (κ2) is 6.75. The van der Waals surface area contributed by atoms with Crippen LogP contribution in [-0.4, -0.2) is 24.5 Å². The summed E-state index contributed by atoms with van der Waals surface area (Å²) in [5, 5.41) is 4.39. The summed E-state index contributed by atoms with van der Waals surface area (Å²) in [7, 11) is 1.64. The lowest BCUT2D eigenvalue weighted by Gasteiger charge is -2.06. The molecular weight excluding hydrogens is 312 g/mol. The number of ether oxygens (including phenoxy) is 1. The molecule has 5 heteroatoms. The Morgan fingerprint density at radius 1 is 1.22 bits per heavy atom. The zero-order valence-electron chi connectivity index (χ0n) is 12.7.